The number of nitrogens with two attached hydrogens (primary N) is 1. The number of nitrogens with zero attached hydrogens (tertiary/aromatic N) is 3. The molecule has 0 bridgehead atoms. The van der Waals surface area contributed by atoms with Crippen LogP contribution in [-0.4, -0.2) is 83.3 Å². The Hall–Kier alpha value is -2.33. The van der Waals surface area contributed by atoms with E-state index < -0.39 is 6.04 Å². The van der Waals surface area contributed by atoms with Gasteiger partial charge in [-0.05, 0) is 109 Å². The molecule has 0 aromatic heterocycles. The Kier molecular flexibility index (Phi) is 11.5. The molecule has 0 radical (unpaired) electrons. The Balaban J connectivity index is 1.09. The van der Waals surface area contributed by atoms with Crippen molar-refractivity contribution in [1.29, 1.82) is 0 Å². The minimum atomic E-state index is -0.483. The maximum atomic E-state index is 13.8. The Labute approximate surface area is 274 Å². The van der Waals surface area contributed by atoms with Gasteiger partial charge in [0.25, 0.3) is 0 Å². The molecule has 1 amide bonds. The summed E-state index contributed by atoms with van der Waals surface area (Å²) in [7, 11) is 0. The zero-order valence-corrected chi connectivity index (χ0v) is 27.5. The van der Waals surface area contributed by atoms with Crippen LogP contribution in [0.3, 0.4) is 0 Å². The largest absolute Gasteiger partial charge is 0.508 e. The smallest absolute Gasteiger partial charge is 0.239 e. The third kappa shape index (κ3) is 8.47. The number of hydrogen-bond acceptors (Lipinski definition) is 6. The van der Waals surface area contributed by atoms with Gasteiger partial charge in [0.1, 0.15) is 11.6 Å². The number of amides is 1. The molecule has 0 spiro atoms. The lowest BCUT2D eigenvalue weighted by molar-refractivity contribution is -0.136. The average Bonchev–Trinajstić information content (AvgIpc) is 3.01. The van der Waals surface area contributed by atoms with Crippen LogP contribution in [-0.2, 0) is 17.8 Å². The Morgan fingerprint density at radius 3 is 2.41 bits per heavy atom. The van der Waals surface area contributed by atoms with Crippen molar-refractivity contribution in [3.8, 4) is 16.9 Å². The van der Waals surface area contributed by atoms with Gasteiger partial charge in [0.05, 0.1) is 6.04 Å². The number of halogens is 3. The molecule has 2 aliphatic heterocycles. The van der Waals surface area contributed by atoms with Crippen LogP contribution >= 0.6 is 35.0 Å². The lowest BCUT2D eigenvalue weighted by atomic mass is 9.88. The summed E-state index contributed by atoms with van der Waals surface area (Å²) in [6, 6.07) is 15.5. The molecule has 2 heterocycles. The number of benzene rings is 3. The number of piperidine rings is 1. The highest BCUT2D eigenvalue weighted by Crippen LogP contribution is 2.32. The van der Waals surface area contributed by atoms with Crippen molar-refractivity contribution in [2.45, 2.75) is 43.7 Å². The first-order valence-electron chi connectivity index (χ1n) is 15.4. The standard InChI is InChI=1S/C34H41Cl2FN4O2S/c1-2-44-32-21-29(37)5-3-25(32)22-40-13-15-41(16-14-40)34(43)33(38)23-7-10-39(11-8-23)12-9-24-17-27(35)4-6-31(24)26-18-28(36)20-30(42)19-26/h3-6,17-21,23,33,42H,2,7-16,22,38H2,1H3. The van der Waals surface area contributed by atoms with E-state index in [-0.39, 0.29) is 23.4 Å². The first kappa shape index (κ1) is 33.0. The van der Waals surface area contributed by atoms with Gasteiger partial charge >= 0.3 is 0 Å². The fraction of sp³-hybridized carbons (Fsp3) is 0.441. The van der Waals surface area contributed by atoms with Crippen molar-refractivity contribution in [2.75, 3.05) is 51.6 Å². The molecule has 10 heteroatoms. The molecule has 44 heavy (non-hydrogen) atoms. The molecule has 2 aliphatic rings. The van der Waals surface area contributed by atoms with Gasteiger partial charge in [0.15, 0.2) is 0 Å². The number of thioether (sulfide) groups is 1. The summed E-state index contributed by atoms with van der Waals surface area (Å²) >= 11 is 14.2. The molecular formula is C34H41Cl2FN4O2S. The number of carbonyl (C=O) groups is 1. The molecule has 0 saturated carbocycles. The van der Waals surface area contributed by atoms with E-state index in [1.165, 1.54) is 12.1 Å². The maximum Gasteiger partial charge on any atom is 0.239 e. The summed E-state index contributed by atoms with van der Waals surface area (Å²) in [5.74, 6) is 1.05. The predicted molar refractivity (Wildman–Crippen MR) is 179 cm³/mol. The van der Waals surface area contributed by atoms with Gasteiger partial charge in [-0.3, -0.25) is 9.69 Å². The molecule has 3 aromatic carbocycles. The maximum absolute atomic E-state index is 13.8. The highest BCUT2D eigenvalue weighted by atomic mass is 35.5. The lowest BCUT2D eigenvalue weighted by Crippen LogP contribution is -2.55. The number of piperazine rings is 1. The first-order valence-corrected chi connectivity index (χ1v) is 17.1. The molecule has 5 rings (SSSR count). The van der Waals surface area contributed by atoms with Gasteiger partial charge in [0.2, 0.25) is 5.91 Å². The van der Waals surface area contributed by atoms with Crippen LogP contribution in [0.15, 0.2) is 59.5 Å². The Morgan fingerprint density at radius 1 is 0.955 bits per heavy atom. The summed E-state index contributed by atoms with van der Waals surface area (Å²) in [6.45, 7) is 8.37. The topological polar surface area (TPSA) is 73.0 Å². The molecule has 6 nitrogen and oxygen atoms in total. The normalized spacial score (nSPS) is 17.6. The Bertz CT molecular complexity index is 1420. The molecule has 3 N–H and O–H groups in total. The van der Waals surface area contributed by atoms with Crippen molar-refractivity contribution in [2.24, 2.45) is 11.7 Å². The molecule has 1 unspecified atom stereocenters. The number of phenolic OH excluding ortho intramolecular Hbond substituents is 1. The van der Waals surface area contributed by atoms with Crippen LogP contribution in [0.1, 0.15) is 30.9 Å². The summed E-state index contributed by atoms with van der Waals surface area (Å²) < 4.78 is 13.8. The Morgan fingerprint density at radius 2 is 1.70 bits per heavy atom. The number of carbonyl (C=O) groups excluding carboxylic acids is 1. The van der Waals surface area contributed by atoms with E-state index in [9.17, 15) is 14.3 Å². The predicted octanol–water partition coefficient (Wildman–Crippen LogP) is 6.54. The number of hydrogen-bond donors (Lipinski definition) is 2. The SMILES string of the molecule is CCSc1cc(F)ccc1CN1CCN(C(=O)C(N)C2CCN(CCc3cc(Cl)ccc3-c3cc(O)cc(Cl)c3)CC2)CC1. The molecule has 3 aromatic rings. The van der Waals surface area contributed by atoms with Crippen LogP contribution in [0.2, 0.25) is 10.0 Å². The van der Waals surface area contributed by atoms with Crippen LogP contribution in [0.5, 0.6) is 5.75 Å². The van der Waals surface area contributed by atoms with Gasteiger partial charge < -0.3 is 20.6 Å². The third-order valence-electron chi connectivity index (χ3n) is 8.79. The van der Waals surface area contributed by atoms with E-state index in [0.717, 1.165) is 91.4 Å². The average molecular weight is 660 g/mol. The van der Waals surface area contributed by atoms with E-state index >= 15 is 0 Å². The number of phenols is 1. The summed E-state index contributed by atoms with van der Waals surface area (Å²) in [5.41, 5.74) is 10.7. The molecule has 2 fully saturated rings. The second-order valence-corrected chi connectivity index (χ2v) is 13.9. The number of likely N-dealkylation sites (tertiary alicyclic amines) is 1. The van der Waals surface area contributed by atoms with Gasteiger partial charge in [0, 0.05) is 54.2 Å². The molecule has 1 atom stereocenters. The molecule has 236 valence electrons. The summed E-state index contributed by atoms with van der Waals surface area (Å²) in [6.07, 6.45) is 2.58. The molecule has 0 aliphatic carbocycles. The van der Waals surface area contributed by atoms with Crippen molar-refractivity contribution >= 4 is 40.9 Å². The fourth-order valence-electron chi connectivity index (χ4n) is 6.32. The van der Waals surface area contributed by atoms with Gasteiger partial charge in [-0.15, -0.1) is 11.8 Å². The van der Waals surface area contributed by atoms with E-state index in [4.69, 9.17) is 28.9 Å². The zero-order chi connectivity index (χ0) is 31.2. The number of aromatic hydroxyl groups is 1. The lowest BCUT2D eigenvalue weighted by Gasteiger charge is -2.39. The zero-order valence-electron chi connectivity index (χ0n) is 25.2. The molecule has 2 saturated heterocycles. The third-order valence-corrected chi connectivity index (χ3v) is 10.2. The quantitative estimate of drug-likeness (QED) is 0.241. The van der Waals surface area contributed by atoms with Crippen LogP contribution in [0.4, 0.5) is 4.39 Å². The second-order valence-electron chi connectivity index (χ2n) is 11.7. The van der Waals surface area contributed by atoms with Gasteiger partial charge in [-0.1, -0.05) is 42.3 Å². The number of rotatable bonds is 10. The van der Waals surface area contributed by atoms with E-state index in [1.54, 1.807) is 23.9 Å². The monoisotopic (exact) mass is 658 g/mol. The first-order chi connectivity index (χ1) is 21.2. The van der Waals surface area contributed by atoms with Crippen molar-refractivity contribution in [1.82, 2.24) is 14.7 Å². The minimum Gasteiger partial charge on any atom is -0.508 e. The minimum absolute atomic E-state index is 0.0560. The van der Waals surface area contributed by atoms with Crippen LogP contribution in [0, 0.1) is 11.7 Å². The van der Waals surface area contributed by atoms with Crippen molar-refractivity contribution < 1.29 is 14.3 Å². The summed E-state index contributed by atoms with van der Waals surface area (Å²) in [4.78, 5) is 21.0. The second kappa shape index (κ2) is 15.3. The van der Waals surface area contributed by atoms with Gasteiger partial charge in [-0.2, -0.15) is 0 Å². The van der Waals surface area contributed by atoms with Crippen molar-refractivity contribution in [3.63, 3.8) is 0 Å². The molecular weight excluding hydrogens is 618 g/mol. The summed E-state index contributed by atoms with van der Waals surface area (Å²) in [5, 5.41) is 11.2. The van der Waals surface area contributed by atoms with Crippen LogP contribution < -0.4 is 5.73 Å². The highest BCUT2D eigenvalue weighted by Gasteiger charge is 2.33. The van der Waals surface area contributed by atoms with E-state index in [2.05, 4.69) is 16.7 Å². The van der Waals surface area contributed by atoms with Gasteiger partial charge in [-0.25, -0.2) is 4.39 Å². The fourth-order valence-corrected chi connectivity index (χ4v) is 7.57. The van der Waals surface area contributed by atoms with E-state index in [0.29, 0.717) is 23.1 Å². The van der Waals surface area contributed by atoms with E-state index in [1.807, 2.05) is 35.2 Å². The van der Waals surface area contributed by atoms with Crippen LogP contribution in [0.25, 0.3) is 11.1 Å². The van der Waals surface area contributed by atoms with Crippen molar-refractivity contribution in [3.05, 3.63) is 81.6 Å². The highest BCUT2D eigenvalue weighted by molar-refractivity contribution is 7.99.